The molecule has 2 rings (SSSR count). The quantitative estimate of drug-likeness (QED) is 0.817. The van der Waals surface area contributed by atoms with Gasteiger partial charge in [-0.25, -0.2) is 4.39 Å². The van der Waals surface area contributed by atoms with Crippen LogP contribution in [0, 0.1) is 5.82 Å². The molecule has 0 radical (unpaired) electrons. The third-order valence-corrected chi connectivity index (χ3v) is 3.15. The summed E-state index contributed by atoms with van der Waals surface area (Å²) in [5.74, 6) is -0.115. The smallest absolute Gasteiger partial charge is 0.146 e. The number of nitrogens with zero attached hydrogens (tertiary/aromatic N) is 1. The van der Waals surface area contributed by atoms with Gasteiger partial charge in [0.15, 0.2) is 0 Å². The molecular weight excluding hydrogens is 215 g/mol. The fourth-order valence-corrected chi connectivity index (χ4v) is 1.98. The first-order chi connectivity index (χ1) is 8.20. The molecular formula is C14H21FN2. The molecule has 0 aromatic heterocycles. The molecule has 0 unspecified atom stereocenters. The van der Waals surface area contributed by atoms with Crippen LogP contribution in [0.3, 0.4) is 0 Å². The third kappa shape index (κ3) is 3.43. The van der Waals surface area contributed by atoms with Crippen LogP contribution in [0.15, 0.2) is 18.2 Å². The maximum atomic E-state index is 13.9. The van der Waals surface area contributed by atoms with Crippen molar-refractivity contribution in [2.75, 3.05) is 18.5 Å². The topological polar surface area (TPSA) is 15.3 Å². The highest BCUT2D eigenvalue weighted by Crippen LogP contribution is 2.22. The highest BCUT2D eigenvalue weighted by molar-refractivity contribution is 5.48. The van der Waals surface area contributed by atoms with Crippen LogP contribution in [-0.4, -0.2) is 19.6 Å². The molecule has 1 aromatic rings. The lowest BCUT2D eigenvalue weighted by Crippen LogP contribution is -2.20. The van der Waals surface area contributed by atoms with Crippen molar-refractivity contribution < 1.29 is 4.39 Å². The van der Waals surface area contributed by atoms with Crippen molar-refractivity contribution in [3.05, 3.63) is 29.6 Å². The first-order valence-electron chi connectivity index (χ1n) is 6.43. The highest BCUT2D eigenvalue weighted by atomic mass is 19.1. The van der Waals surface area contributed by atoms with Crippen molar-refractivity contribution >= 4 is 5.69 Å². The van der Waals surface area contributed by atoms with Crippen molar-refractivity contribution in [3.8, 4) is 0 Å². The molecule has 1 aromatic carbocycles. The Kier molecular flexibility index (Phi) is 4.00. The monoisotopic (exact) mass is 236 g/mol. The molecule has 0 saturated heterocycles. The summed E-state index contributed by atoms with van der Waals surface area (Å²) < 4.78 is 13.9. The Labute approximate surface area is 103 Å². The summed E-state index contributed by atoms with van der Waals surface area (Å²) in [5, 5.41) is 3.39. The molecule has 1 aliphatic rings. The number of hydrogen-bond acceptors (Lipinski definition) is 2. The first-order valence-corrected chi connectivity index (χ1v) is 6.43. The van der Waals surface area contributed by atoms with E-state index in [1.54, 1.807) is 6.07 Å². The zero-order valence-corrected chi connectivity index (χ0v) is 10.7. The molecule has 2 nitrogen and oxygen atoms in total. The predicted octanol–water partition coefficient (Wildman–Crippen LogP) is 2.92. The van der Waals surface area contributed by atoms with Crippen LogP contribution in [0.2, 0.25) is 0 Å². The number of benzene rings is 1. The van der Waals surface area contributed by atoms with Gasteiger partial charge in [0.05, 0.1) is 5.69 Å². The van der Waals surface area contributed by atoms with Gasteiger partial charge in [0.2, 0.25) is 0 Å². The summed E-state index contributed by atoms with van der Waals surface area (Å²) in [5.41, 5.74) is 1.73. The van der Waals surface area contributed by atoms with Crippen LogP contribution in [0.4, 0.5) is 10.1 Å². The fraction of sp³-hybridized carbons (Fsp3) is 0.571. The summed E-state index contributed by atoms with van der Waals surface area (Å²) in [6.07, 6.45) is 3.56. The van der Waals surface area contributed by atoms with Gasteiger partial charge in [0.1, 0.15) is 5.82 Å². The van der Waals surface area contributed by atoms with Gasteiger partial charge in [-0.3, -0.25) is 0 Å². The minimum absolute atomic E-state index is 0.115. The SMILES string of the molecule is CCCN(C)c1ccc(CNC2CC2)cc1F. The highest BCUT2D eigenvalue weighted by Gasteiger charge is 2.20. The molecule has 1 aliphatic carbocycles. The van der Waals surface area contributed by atoms with Crippen LogP contribution in [0.25, 0.3) is 0 Å². The second-order valence-electron chi connectivity index (χ2n) is 4.86. The molecule has 0 aliphatic heterocycles. The third-order valence-electron chi connectivity index (χ3n) is 3.15. The van der Waals surface area contributed by atoms with Gasteiger partial charge >= 0.3 is 0 Å². The molecule has 0 bridgehead atoms. The van der Waals surface area contributed by atoms with Crippen LogP contribution in [0.5, 0.6) is 0 Å². The van der Waals surface area contributed by atoms with E-state index in [2.05, 4.69) is 12.2 Å². The summed E-state index contributed by atoms with van der Waals surface area (Å²) in [7, 11) is 1.93. The van der Waals surface area contributed by atoms with Gasteiger partial charge in [-0.15, -0.1) is 0 Å². The van der Waals surface area contributed by atoms with E-state index in [-0.39, 0.29) is 5.82 Å². The van der Waals surface area contributed by atoms with Crippen molar-refractivity contribution in [2.45, 2.75) is 38.8 Å². The van der Waals surface area contributed by atoms with Crippen LogP contribution < -0.4 is 10.2 Å². The summed E-state index contributed by atoms with van der Waals surface area (Å²) in [4.78, 5) is 1.97. The van der Waals surface area contributed by atoms with Crippen molar-refractivity contribution in [1.29, 1.82) is 0 Å². The van der Waals surface area contributed by atoms with Gasteiger partial charge in [-0.05, 0) is 37.0 Å². The number of halogens is 1. The second kappa shape index (κ2) is 5.50. The lowest BCUT2D eigenvalue weighted by Gasteiger charge is -2.19. The molecule has 3 heteroatoms. The van der Waals surface area contributed by atoms with Gasteiger partial charge in [0.25, 0.3) is 0 Å². The maximum absolute atomic E-state index is 13.9. The van der Waals surface area contributed by atoms with E-state index in [4.69, 9.17) is 0 Å². The number of nitrogens with one attached hydrogen (secondary N) is 1. The molecule has 1 saturated carbocycles. The Morgan fingerprint density at radius 1 is 1.41 bits per heavy atom. The molecule has 1 N–H and O–H groups in total. The molecule has 94 valence electrons. The Morgan fingerprint density at radius 3 is 2.76 bits per heavy atom. The average molecular weight is 236 g/mol. The predicted molar refractivity (Wildman–Crippen MR) is 69.8 cm³/mol. The second-order valence-corrected chi connectivity index (χ2v) is 4.86. The van der Waals surface area contributed by atoms with Crippen LogP contribution >= 0.6 is 0 Å². The Hall–Kier alpha value is -1.09. The number of hydrogen-bond donors (Lipinski definition) is 1. The molecule has 0 amide bonds. The van der Waals surface area contributed by atoms with E-state index < -0.39 is 0 Å². The normalized spacial score (nSPS) is 15.0. The average Bonchev–Trinajstić information content (AvgIpc) is 3.10. The van der Waals surface area contributed by atoms with E-state index in [9.17, 15) is 4.39 Å². The molecule has 1 fully saturated rings. The van der Waals surface area contributed by atoms with E-state index in [0.717, 1.165) is 25.1 Å². The summed E-state index contributed by atoms with van der Waals surface area (Å²) >= 11 is 0. The van der Waals surface area contributed by atoms with E-state index >= 15 is 0 Å². The zero-order valence-electron chi connectivity index (χ0n) is 10.7. The number of rotatable bonds is 6. The molecule has 0 heterocycles. The largest absolute Gasteiger partial charge is 0.372 e. The van der Waals surface area contributed by atoms with Crippen molar-refractivity contribution in [1.82, 2.24) is 5.32 Å². The zero-order chi connectivity index (χ0) is 12.3. The van der Waals surface area contributed by atoms with Gasteiger partial charge in [-0.1, -0.05) is 13.0 Å². The number of anilines is 1. The van der Waals surface area contributed by atoms with Crippen molar-refractivity contribution in [2.24, 2.45) is 0 Å². The lowest BCUT2D eigenvalue weighted by molar-refractivity contribution is 0.614. The Morgan fingerprint density at radius 2 is 2.18 bits per heavy atom. The van der Waals surface area contributed by atoms with E-state index in [1.807, 2.05) is 24.1 Å². The van der Waals surface area contributed by atoms with Gasteiger partial charge in [0, 0.05) is 26.2 Å². The van der Waals surface area contributed by atoms with E-state index in [1.165, 1.54) is 12.8 Å². The maximum Gasteiger partial charge on any atom is 0.146 e. The van der Waals surface area contributed by atoms with E-state index in [0.29, 0.717) is 11.7 Å². The minimum atomic E-state index is -0.115. The van der Waals surface area contributed by atoms with Crippen molar-refractivity contribution in [3.63, 3.8) is 0 Å². The Balaban J connectivity index is 1.99. The summed E-state index contributed by atoms with van der Waals surface area (Å²) in [6.45, 7) is 3.76. The lowest BCUT2D eigenvalue weighted by atomic mass is 10.2. The molecule has 17 heavy (non-hydrogen) atoms. The van der Waals surface area contributed by atoms with Gasteiger partial charge in [-0.2, -0.15) is 0 Å². The van der Waals surface area contributed by atoms with Crippen LogP contribution in [-0.2, 0) is 6.54 Å². The van der Waals surface area contributed by atoms with Gasteiger partial charge < -0.3 is 10.2 Å². The first kappa shape index (κ1) is 12.4. The Bertz CT molecular complexity index is 374. The summed E-state index contributed by atoms with van der Waals surface area (Å²) in [6, 6.07) is 6.21. The molecule has 0 spiro atoms. The fourth-order valence-electron chi connectivity index (χ4n) is 1.98. The standard InChI is InChI=1S/C14H21FN2/c1-3-8-17(2)14-7-4-11(9-13(14)15)10-16-12-5-6-12/h4,7,9,12,16H,3,5-6,8,10H2,1-2H3. The minimum Gasteiger partial charge on any atom is -0.372 e. The molecule has 0 atom stereocenters. The van der Waals surface area contributed by atoms with Crippen LogP contribution in [0.1, 0.15) is 31.7 Å².